The van der Waals surface area contributed by atoms with Crippen LogP contribution in [0.25, 0.3) is 0 Å². The van der Waals surface area contributed by atoms with Crippen molar-refractivity contribution in [1.29, 1.82) is 0 Å². The van der Waals surface area contributed by atoms with E-state index in [0.717, 1.165) is 32.5 Å². The van der Waals surface area contributed by atoms with Crippen LogP contribution < -0.4 is 5.73 Å². The van der Waals surface area contributed by atoms with Gasteiger partial charge in [0.15, 0.2) is 0 Å². The molecule has 1 fully saturated rings. The number of likely N-dealkylation sites (tertiary alicyclic amines) is 1. The van der Waals surface area contributed by atoms with Gasteiger partial charge in [-0.15, -0.1) is 0 Å². The molecule has 15 heavy (non-hydrogen) atoms. The fourth-order valence-corrected chi connectivity index (χ4v) is 2.18. The third-order valence-corrected chi connectivity index (χ3v) is 3.93. The lowest BCUT2D eigenvalue weighted by Crippen LogP contribution is -2.45. The molecule has 0 saturated carbocycles. The lowest BCUT2D eigenvalue weighted by atomic mass is 9.80. The Labute approximate surface area is 97.6 Å². The molecular formula is C11H22N2OS. The molecule has 3 N–H and O–H groups in total. The van der Waals surface area contributed by atoms with Gasteiger partial charge in [0, 0.05) is 18.6 Å². The van der Waals surface area contributed by atoms with E-state index in [-0.39, 0.29) is 12.0 Å². The molecule has 1 heterocycles. The first-order valence-electron chi connectivity index (χ1n) is 5.61. The maximum Gasteiger partial charge on any atom is 0.0788 e. The highest BCUT2D eigenvalue weighted by molar-refractivity contribution is 7.80. The Morgan fingerprint density at radius 3 is 2.47 bits per heavy atom. The van der Waals surface area contributed by atoms with Crippen LogP contribution in [-0.2, 0) is 0 Å². The highest BCUT2D eigenvalue weighted by Gasteiger charge is 2.32. The lowest BCUT2D eigenvalue weighted by Gasteiger charge is -2.39. The molecule has 1 aliphatic heterocycles. The molecule has 0 aromatic rings. The zero-order chi connectivity index (χ0) is 11.5. The summed E-state index contributed by atoms with van der Waals surface area (Å²) in [6, 6.07) is 0. The van der Waals surface area contributed by atoms with Crippen LogP contribution in [0.2, 0.25) is 0 Å². The first-order chi connectivity index (χ1) is 6.98. The molecule has 1 atom stereocenters. The van der Waals surface area contributed by atoms with E-state index in [1.165, 1.54) is 0 Å². The normalized spacial score (nSPS) is 23.7. The largest absolute Gasteiger partial charge is 0.396 e. The van der Waals surface area contributed by atoms with Crippen LogP contribution in [-0.4, -0.2) is 41.2 Å². The average Bonchev–Trinajstić information content (AvgIpc) is 2.21. The molecule has 0 radical (unpaired) electrons. The van der Waals surface area contributed by atoms with Gasteiger partial charge in [0.1, 0.15) is 0 Å². The number of hydrogen-bond donors (Lipinski definition) is 2. The Bertz CT molecular complexity index is 225. The zero-order valence-corrected chi connectivity index (χ0v) is 10.5. The Morgan fingerprint density at radius 2 is 2.07 bits per heavy atom. The van der Waals surface area contributed by atoms with Gasteiger partial charge in [0.2, 0.25) is 0 Å². The Hall–Kier alpha value is -0.190. The van der Waals surface area contributed by atoms with E-state index < -0.39 is 0 Å². The summed E-state index contributed by atoms with van der Waals surface area (Å²) in [4.78, 5) is 3.04. The molecule has 0 spiro atoms. The fourth-order valence-electron chi connectivity index (χ4n) is 1.97. The predicted molar refractivity (Wildman–Crippen MR) is 66.8 cm³/mol. The van der Waals surface area contributed by atoms with Crippen molar-refractivity contribution >= 4 is 17.2 Å². The molecule has 4 heteroatoms. The topological polar surface area (TPSA) is 49.5 Å². The van der Waals surface area contributed by atoms with Gasteiger partial charge in [0.05, 0.1) is 4.99 Å². The molecule has 0 aromatic heterocycles. The van der Waals surface area contributed by atoms with Crippen molar-refractivity contribution in [2.24, 2.45) is 17.1 Å². The van der Waals surface area contributed by atoms with Crippen molar-refractivity contribution in [3.8, 4) is 0 Å². The molecule has 1 unspecified atom stereocenters. The maximum atomic E-state index is 8.99. The van der Waals surface area contributed by atoms with Gasteiger partial charge in [-0.3, -0.25) is 0 Å². The van der Waals surface area contributed by atoms with Gasteiger partial charge >= 0.3 is 0 Å². The summed E-state index contributed by atoms with van der Waals surface area (Å²) in [7, 11) is 0. The van der Waals surface area contributed by atoms with E-state index in [1.807, 2.05) is 0 Å². The molecule has 3 nitrogen and oxygen atoms in total. The Morgan fingerprint density at radius 1 is 1.53 bits per heavy atom. The third-order valence-electron chi connectivity index (χ3n) is 3.44. The highest BCUT2D eigenvalue weighted by Crippen LogP contribution is 2.31. The van der Waals surface area contributed by atoms with Crippen LogP contribution in [0.1, 0.15) is 26.7 Å². The second-order valence-electron chi connectivity index (χ2n) is 5.01. The number of rotatable bonds is 4. The summed E-state index contributed by atoms with van der Waals surface area (Å²) in [5, 5.41) is 8.99. The lowest BCUT2D eigenvalue weighted by molar-refractivity contribution is 0.124. The van der Waals surface area contributed by atoms with E-state index in [4.69, 9.17) is 23.1 Å². The second-order valence-corrected chi connectivity index (χ2v) is 5.45. The van der Waals surface area contributed by atoms with E-state index in [0.29, 0.717) is 10.9 Å². The minimum atomic E-state index is 0.0499. The predicted octanol–water partition coefficient (Wildman–Crippen LogP) is 1.00. The first kappa shape index (κ1) is 12.9. The molecule has 0 amide bonds. The van der Waals surface area contributed by atoms with Crippen LogP contribution in [0.5, 0.6) is 0 Å². The number of nitrogens with two attached hydrogens (primary N) is 1. The molecule has 1 aliphatic rings. The SMILES string of the molecule is CC(CO)CN1CCC(C)(C(N)=S)CC1. The number of hydrogen-bond acceptors (Lipinski definition) is 3. The summed E-state index contributed by atoms with van der Waals surface area (Å²) in [6.07, 6.45) is 2.08. The number of piperidine rings is 1. The van der Waals surface area contributed by atoms with Crippen LogP contribution in [0.3, 0.4) is 0 Å². The Balaban J connectivity index is 2.39. The minimum absolute atomic E-state index is 0.0499. The van der Waals surface area contributed by atoms with E-state index in [2.05, 4.69) is 18.7 Å². The monoisotopic (exact) mass is 230 g/mol. The fraction of sp³-hybridized carbons (Fsp3) is 0.909. The van der Waals surface area contributed by atoms with Crippen molar-refractivity contribution < 1.29 is 5.11 Å². The summed E-state index contributed by atoms with van der Waals surface area (Å²) < 4.78 is 0. The van der Waals surface area contributed by atoms with E-state index in [1.54, 1.807) is 0 Å². The van der Waals surface area contributed by atoms with Crippen LogP contribution in [0, 0.1) is 11.3 Å². The summed E-state index contributed by atoms with van der Waals surface area (Å²) in [5.74, 6) is 0.360. The number of aliphatic hydroxyl groups excluding tert-OH is 1. The van der Waals surface area contributed by atoms with Crippen LogP contribution in [0.15, 0.2) is 0 Å². The number of aliphatic hydroxyl groups is 1. The maximum absolute atomic E-state index is 8.99. The van der Waals surface area contributed by atoms with Gasteiger partial charge in [-0.25, -0.2) is 0 Å². The van der Waals surface area contributed by atoms with Gasteiger partial charge in [-0.1, -0.05) is 26.1 Å². The van der Waals surface area contributed by atoms with Crippen molar-refractivity contribution in [3.05, 3.63) is 0 Å². The summed E-state index contributed by atoms with van der Waals surface area (Å²) in [5.41, 5.74) is 5.80. The average molecular weight is 230 g/mol. The van der Waals surface area contributed by atoms with Crippen molar-refractivity contribution in [2.75, 3.05) is 26.2 Å². The second kappa shape index (κ2) is 5.23. The standard InChI is InChI=1S/C11H22N2OS/c1-9(8-14)7-13-5-3-11(2,4-6-13)10(12)15/h9,14H,3-8H2,1-2H3,(H2,12,15). The first-order valence-corrected chi connectivity index (χ1v) is 6.02. The van der Waals surface area contributed by atoms with Gasteiger partial charge < -0.3 is 15.7 Å². The quantitative estimate of drug-likeness (QED) is 0.708. The van der Waals surface area contributed by atoms with Crippen LogP contribution >= 0.6 is 12.2 Å². The Kier molecular flexibility index (Phi) is 4.49. The van der Waals surface area contributed by atoms with Crippen molar-refractivity contribution in [1.82, 2.24) is 4.90 Å². The number of nitrogens with zero attached hydrogens (tertiary/aromatic N) is 1. The van der Waals surface area contributed by atoms with Crippen molar-refractivity contribution in [3.63, 3.8) is 0 Å². The molecule has 1 saturated heterocycles. The summed E-state index contributed by atoms with van der Waals surface area (Å²) >= 11 is 5.10. The molecule has 1 rings (SSSR count). The van der Waals surface area contributed by atoms with E-state index >= 15 is 0 Å². The summed E-state index contributed by atoms with van der Waals surface area (Å²) in [6.45, 7) is 7.55. The van der Waals surface area contributed by atoms with Gasteiger partial charge in [-0.05, 0) is 31.8 Å². The van der Waals surface area contributed by atoms with Crippen LogP contribution in [0.4, 0.5) is 0 Å². The number of thiocarbonyl (C=S) groups is 1. The highest BCUT2D eigenvalue weighted by atomic mass is 32.1. The molecule has 0 aliphatic carbocycles. The zero-order valence-electron chi connectivity index (χ0n) is 9.70. The third kappa shape index (κ3) is 3.40. The molecule has 0 aromatic carbocycles. The molecule has 0 bridgehead atoms. The van der Waals surface area contributed by atoms with E-state index in [9.17, 15) is 0 Å². The smallest absolute Gasteiger partial charge is 0.0788 e. The van der Waals surface area contributed by atoms with Gasteiger partial charge in [-0.2, -0.15) is 0 Å². The molecular weight excluding hydrogens is 208 g/mol. The minimum Gasteiger partial charge on any atom is -0.396 e. The van der Waals surface area contributed by atoms with Gasteiger partial charge in [0.25, 0.3) is 0 Å². The molecule has 88 valence electrons. The van der Waals surface area contributed by atoms with Crippen molar-refractivity contribution in [2.45, 2.75) is 26.7 Å².